The average molecular weight is 273 g/mol. The maximum Gasteiger partial charge on any atom is 0.0594 e. The summed E-state index contributed by atoms with van der Waals surface area (Å²) in [6.45, 7) is 9.46. The van der Waals surface area contributed by atoms with Crippen molar-refractivity contribution in [2.75, 3.05) is 24.6 Å². The van der Waals surface area contributed by atoms with Crippen LogP contribution in [0.2, 0.25) is 0 Å². The lowest BCUT2D eigenvalue weighted by Crippen LogP contribution is -2.12. The summed E-state index contributed by atoms with van der Waals surface area (Å²) in [7, 11) is -0.561. The van der Waals surface area contributed by atoms with E-state index in [2.05, 4.69) is 27.7 Å². The number of hydrogen-bond acceptors (Lipinski definition) is 0. The summed E-state index contributed by atoms with van der Waals surface area (Å²) in [5.74, 6) is 0. The van der Waals surface area contributed by atoms with E-state index < -0.39 is 7.26 Å². The third-order valence-corrected chi connectivity index (χ3v) is 9.44. The minimum Gasteiger partial charge on any atom is -0.0654 e. The Morgan fingerprint density at radius 3 is 1.44 bits per heavy atom. The first-order valence-corrected chi connectivity index (χ1v) is 11.1. The summed E-state index contributed by atoms with van der Waals surface area (Å²) in [5.41, 5.74) is 0. The largest absolute Gasteiger partial charge is 0.0654 e. The molecule has 18 heavy (non-hydrogen) atoms. The van der Waals surface area contributed by atoms with E-state index in [1.807, 2.05) is 0 Å². The molecular formula is C17H38P+. The monoisotopic (exact) mass is 273 g/mol. The Morgan fingerprint density at radius 2 is 0.944 bits per heavy atom. The van der Waals surface area contributed by atoms with Gasteiger partial charge in [-0.05, 0) is 32.1 Å². The van der Waals surface area contributed by atoms with Crippen LogP contribution in [-0.4, -0.2) is 24.6 Å². The zero-order valence-corrected chi connectivity index (χ0v) is 14.5. The number of hydrogen-bond donors (Lipinski definition) is 0. The molecule has 0 heterocycles. The van der Waals surface area contributed by atoms with Crippen molar-refractivity contribution in [3.05, 3.63) is 0 Å². The molecule has 0 fully saturated rings. The molecule has 0 saturated carbocycles. The first-order chi connectivity index (χ1) is 8.74. The van der Waals surface area contributed by atoms with Crippen LogP contribution in [0.1, 0.15) is 85.5 Å². The van der Waals surface area contributed by atoms with Crippen LogP contribution in [0, 0.1) is 0 Å². The first-order valence-electron chi connectivity index (χ1n) is 8.59. The van der Waals surface area contributed by atoms with Gasteiger partial charge in [0.2, 0.25) is 0 Å². The third-order valence-electron chi connectivity index (χ3n) is 4.12. The van der Waals surface area contributed by atoms with Crippen LogP contribution < -0.4 is 0 Å². The van der Waals surface area contributed by atoms with E-state index in [0.717, 1.165) is 0 Å². The normalized spacial score (nSPS) is 12.0. The van der Waals surface area contributed by atoms with Gasteiger partial charge in [-0.15, -0.1) is 0 Å². The second-order valence-corrected chi connectivity index (χ2v) is 10.5. The maximum absolute atomic E-state index is 2.40. The fourth-order valence-corrected chi connectivity index (χ4v) is 8.28. The van der Waals surface area contributed by atoms with E-state index in [4.69, 9.17) is 0 Å². The fourth-order valence-electron chi connectivity index (χ4n) is 3.16. The van der Waals surface area contributed by atoms with Gasteiger partial charge in [-0.1, -0.05) is 53.4 Å². The third kappa shape index (κ3) is 8.52. The molecule has 0 saturated heterocycles. The molecule has 0 aromatic rings. The standard InChI is InChI=1S/C17H38P/c1-5-9-11-12-13-17-18(14-7-3,15-8-4)16-10-6-2/h5-17H2,1-4H3/q+1. The Labute approximate surface area is 118 Å². The van der Waals surface area contributed by atoms with Gasteiger partial charge in [0.05, 0.1) is 24.6 Å². The van der Waals surface area contributed by atoms with Crippen molar-refractivity contribution in [3.8, 4) is 0 Å². The SMILES string of the molecule is CCCCCCC[P+](CCC)(CCC)CCCC. The molecule has 0 rings (SSSR count). The van der Waals surface area contributed by atoms with Crippen LogP contribution >= 0.6 is 7.26 Å². The Morgan fingerprint density at radius 1 is 0.444 bits per heavy atom. The Hall–Kier alpha value is 0.430. The van der Waals surface area contributed by atoms with Crippen LogP contribution in [0.25, 0.3) is 0 Å². The second-order valence-electron chi connectivity index (χ2n) is 6.00. The van der Waals surface area contributed by atoms with Gasteiger partial charge < -0.3 is 0 Å². The van der Waals surface area contributed by atoms with Gasteiger partial charge >= 0.3 is 0 Å². The summed E-state index contributed by atoms with van der Waals surface area (Å²) in [6, 6.07) is 0. The molecule has 0 nitrogen and oxygen atoms in total. The fraction of sp³-hybridized carbons (Fsp3) is 1.00. The topological polar surface area (TPSA) is 0 Å². The molecule has 1 heteroatoms. The van der Waals surface area contributed by atoms with Gasteiger partial charge in [0, 0.05) is 7.26 Å². The molecule has 0 N–H and O–H groups in total. The van der Waals surface area contributed by atoms with Gasteiger partial charge in [0.25, 0.3) is 0 Å². The van der Waals surface area contributed by atoms with Gasteiger partial charge in [0.15, 0.2) is 0 Å². The van der Waals surface area contributed by atoms with Crippen LogP contribution in [0.3, 0.4) is 0 Å². The van der Waals surface area contributed by atoms with Gasteiger partial charge in [-0.25, -0.2) is 0 Å². The molecule has 0 bridgehead atoms. The summed E-state index contributed by atoms with van der Waals surface area (Å²) in [5, 5.41) is 0. The second kappa shape index (κ2) is 12.5. The van der Waals surface area contributed by atoms with E-state index >= 15 is 0 Å². The zero-order chi connectivity index (χ0) is 13.7. The van der Waals surface area contributed by atoms with E-state index in [-0.39, 0.29) is 0 Å². The minimum atomic E-state index is -0.561. The Kier molecular flexibility index (Phi) is 12.8. The average Bonchev–Trinajstić information content (AvgIpc) is 2.37. The molecule has 0 radical (unpaired) electrons. The van der Waals surface area contributed by atoms with Crippen molar-refractivity contribution in [3.63, 3.8) is 0 Å². The molecule has 0 aliphatic rings. The van der Waals surface area contributed by atoms with Gasteiger partial charge in [0.1, 0.15) is 0 Å². The molecule has 0 aliphatic carbocycles. The van der Waals surface area contributed by atoms with Crippen molar-refractivity contribution < 1.29 is 0 Å². The zero-order valence-electron chi connectivity index (χ0n) is 13.6. The van der Waals surface area contributed by atoms with Crippen molar-refractivity contribution in [1.82, 2.24) is 0 Å². The molecule has 0 spiro atoms. The molecule has 0 unspecified atom stereocenters. The summed E-state index contributed by atoms with van der Waals surface area (Å²) in [4.78, 5) is 0. The maximum atomic E-state index is 2.40. The summed E-state index contributed by atoms with van der Waals surface area (Å²) >= 11 is 0. The minimum absolute atomic E-state index is 0.561. The van der Waals surface area contributed by atoms with Crippen molar-refractivity contribution in [2.24, 2.45) is 0 Å². The van der Waals surface area contributed by atoms with E-state index in [1.165, 1.54) is 57.8 Å². The molecule has 110 valence electrons. The van der Waals surface area contributed by atoms with Crippen LogP contribution in [-0.2, 0) is 0 Å². The summed E-state index contributed by atoms with van der Waals surface area (Å²) < 4.78 is 0. The molecule has 0 aliphatic heterocycles. The van der Waals surface area contributed by atoms with Crippen molar-refractivity contribution >= 4 is 7.26 Å². The molecule has 0 aromatic carbocycles. The first kappa shape index (κ1) is 18.4. The number of unbranched alkanes of at least 4 members (excludes halogenated alkanes) is 5. The van der Waals surface area contributed by atoms with Gasteiger partial charge in [-0.3, -0.25) is 0 Å². The Balaban J connectivity index is 4.14. The lowest BCUT2D eigenvalue weighted by atomic mass is 10.2. The highest BCUT2D eigenvalue weighted by Crippen LogP contribution is 2.60. The van der Waals surface area contributed by atoms with E-state index in [9.17, 15) is 0 Å². The predicted molar refractivity (Wildman–Crippen MR) is 90.6 cm³/mol. The highest BCUT2D eigenvalue weighted by molar-refractivity contribution is 7.75. The lowest BCUT2D eigenvalue weighted by Gasteiger charge is -2.27. The molecule has 0 atom stereocenters. The quantitative estimate of drug-likeness (QED) is 0.262. The van der Waals surface area contributed by atoms with E-state index in [1.54, 1.807) is 24.6 Å². The Bertz CT molecular complexity index is 159. The highest BCUT2D eigenvalue weighted by Gasteiger charge is 2.33. The van der Waals surface area contributed by atoms with Crippen LogP contribution in [0.4, 0.5) is 0 Å². The van der Waals surface area contributed by atoms with Crippen LogP contribution in [0.5, 0.6) is 0 Å². The summed E-state index contributed by atoms with van der Waals surface area (Å²) in [6.07, 6.45) is 19.4. The molecule has 0 aromatic heterocycles. The highest BCUT2D eigenvalue weighted by atomic mass is 31.2. The molecule has 0 amide bonds. The van der Waals surface area contributed by atoms with E-state index in [0.29, 0.717) is 0 Å². The van der Waals surface area contributed by atoms with Crippen LogP contribution in [0.15, 0.2) is 0 Å². The lowest BCUT2D eigenvalue weighted by molar-refractivity contribution is 0.656. The number of rotatable bonds is 13. The van der Waals surface area contributed by atoms with Crippen molar-refractivity contribution in [2.45, 2.75) is 85.5 Å². The smallest absolute Gasteiger partial charge is 0.0594 e. The predicted octanol–water partition coefficient (Wildman–Crippen LogP) is 6.59. The van der Waals surface area contributed by atoms with Crippen molar-refractivity contribution in [1.29, 1.82) is 0 Å². The molecular weight excluding hydrogens is 235 g/mol. The van der Waals surface area contributed by atoms with Gasteiger partial charge in [-0.2, -0.15) is 0 Å².